The maximum atomic E-state index is 11.0. The number of aryl methyl sites for hydroxylation is 1. The number of thiazole rings is 1. The molecule has 1 unspecified atom stereocenters. The SMILES string of the molecule is COC(=O)CCc1csc(C2(C)CCCO2)n1. The molecule has 4 nitrogen and oxygen atoms in total. The number of methoxy groups -OCH3 is 1. The molecule has 1 aliphatic heterocycles. The summed E-state index contributed by atoms with van der Waals surface area (Å²) in [7, 11) is 1.40. The smallest absolute Gasteiger partial charge is 0.305 e. The van der Waals surface area contributed by atoms with Crippen LogP contribution in [0.25, 0.3) is 0 Å². The van der Waals surface area contributed by atoms with E-state index in [0.29, 0.717) is 12.8 Å². The van der Waals surface area contributed by atoms with Crippen molar-refractivity contribution in [1.82, 2.24) is 4.98 Å². The molecule has 94 valence electrons. The highest BCUT2D eigenvalue weighted by molar-refractivity contribution is 7.09. The van der Waals surface area contributed by atoms with Crippen molar-refractivity contribution < 1.29 is 14.3 Å². The molecular formula is C12H17NO3S. The van der Waals surface area contributed by atoms with Crippen LogP contribution in [-0.4, -0.2) is 24.7 Å². The van der Waals surface area contributed by atoms with Crippen LogP contribution >= 0.6 is 11.3 Å². The van der Waals surface area contributed by atoms with Crippen molar-refractivity contribution in [3.63, 3.8) is 0 Å². The van der Waals surface area contributed by atoms with Crippen molar-refractivity contribution >= 4 is 17.3 Å². The zero-order valence-corrected chi connectivity index (χ0v) is 11.0. The van der Waals surface area contributed by atoms with E-state index >= 15 is 0 Å². The van der Waals surface area contributed by atoms with Crippen molar-refractivity contribution in [2.24, 2.45) is 0 Å². The number of carbonyl (C=O) groups excluding carboxylic acids is 1. The Hall–Kier alpha value is -0.940. The molecule has 0 spiro atoms. The summed E-state index contributed by atoms with van der Waals surface area (Å²) in [5.74, 6) is -0.192. The standard InChI is InChI=1S/C12H17NO3S/c1-12(6-3-7-16-12)11-13-9(8-17-11)4-5-10(14)15-2/h8H,3-7H2,1-2H3. The molecule has 2 rings (SSSR count). The van der Waals surface area contributed by atoms with E-state index in [2.05, 4.69) is 16.6 Å². The minimum Gasteiger partial charge on any atom is -0.469 e. The van der Waals surface area contributed by atoms with Crippen molar-refractivity contribution in [2.45, 2.75) is 38.2 Å². The van der Waals surface area contributed by atoms with Crippen molar-refractivity contribution in [2.75, 3.05) is 13.7 Å². The molecule has 0 radical (unpaired) electrons. The zero-order chi connectivity index (χ0) is 12.3. The first-order valence-corrected chi connectivity index (χ1v) is 6.68. The number of hydrogen-bond donors (Lipinski definition) is 0. The van der Waals surface area contributed by atoms with E-state index in [0.717, 1.165) is 30.2 Å². The molecule has 17 heavy (non-hydrogen) atoms. The van der Waals surface area contributed by atoms with Gasteiger partial charge in [0.25, 0.3) is 0 Å². The molecule has 0 aliphatic carbocycles. The van der Waals surface area contributed by atoms with Gasteiger partial charge in [0.2, 0.25) is 0 Å². The number of aromatic nitrogens is 1. The summed E-state index contributed by atoms with van der Waals surface area (Å²) in [5, 5.41) is 3.03. The summed E-state index contributed by atoms with van der Waals surface area (Å²) in [5.41, 5.74) is 0.737. The van der Waals surface area contributed by atoms with Gasteiger partial charge in [0.05, 0.1) is 19.2 Å². The number of esters is 1. The van der Waals surface area contributed by atoms with E-state index in [4.69, 9.17) is 4.74 Å². The van der Waals surface area contributed by atoms with Crippen LogP contribution in [0.1, 0.15) is 36.9 Å². The summed E-state index contributed by atoms with van der Waals surface area (Å²) in [6.07, 6.45) is 3.14. The van der Waals surface area contributed by atoms with E-state index in [1.165, 1.54) is 7.11 Å². The Morgan fingerprint density at radius 2 is 2.53 bits per heavy atom. The van der Waals surface area contributed by atoms with Crippen LogP contribution < -0.4 is 0 Å². The van der Waals surface area contributed by atoms with E-state index in [1.54, 1.807) is 11.3 Å². The Morgan fingerprint density at radius 3 is 3.18 bits per heavy atom. The summed E-state index contributed by atoms with van der Waals surface area (Å²) in [6.45, 7) is 2.90. The molecule has 2 heterocycles. The Balaban J connectivity index is 1.98. The Kier molecular flexibility index (Phi) is 3.79. The van der Waals surface area contributed by atoms with Gasteiger partial charge in [0.1, 0.15) is 10.6 Å². The van der Waals surface area contributed by atoms with Crippen LogP contribution in [0, 0.1) is 0 Å². The van der Waals surface area contributed by atoms with Gasteiger partial charge in [-0.25, -0.2) is 4.98 Å². The van der Waals surface area contributed by atoms with Crippen LogP contribution in [0.15, 0.2) is 5.38 Å². The molecule has 0 saturated carbocycles. The second kappa shape index (κ2) is 5.14. The topological polar surface area (TPSA) is 48.4 Å². The van der Waals surface area contributed by atoms with Gasteiger partial charge in [-0.15, -0.1) is 11.3 Å². The van der Waals surface area contributed by atoms with Gasteiger partial charge in [-0.05, 0) is 19.8 Å². The van der Waals surface area contributed by atoms with Crippen molar-refractivity contribution in [3.05, 3.63) is 16.1 Å². The minimum atomic E-state index is -0.214. The fourth-order valence-electron chi connectivity index (χ4n) is 1.94. The molecule has 0 aromatic carbocycles. The molecule has 1 aliphatic rings. The summed E-state index contributed by atoms with van der Waals surface area (Å²) < 4.78 is 10.4. The number of nitrogens with zero attached hydrogens (tertiary/aromatic N) is 1. The Bertz CT molecular complexity index is 396. The van der Waals surface area contributed by atoms with E-state index in [9.17, 15) is 4.79 Å². The third kappa shape index (κ3) is 2.84. The van der Waals surface area contributed by atoms with Gasteiger partial charge >= 0.3 is 5.97 Å². The largest absolute Gasteiger partial charge is 0.469 e. The third-order valence-corrected chi connectivity index (χ3v) is 4.17. The summed E-state index contributed by atoms with van der Waals surface area (Å²) in [4.78, 5) is 15.6. The number of ether oxygens (including phenoxy) is 2. The first-order valence-electron chi connectivity index (χ1n) is 5.80. The molecule has 1 fully saturated rings. The molecule has 1 saturated heterocycles. The Labute approximate surface area is 105 Å². The van der Waals surface area contributed by atoms with Gasteiger partial charge in [-0.3, -0.25) is 4.79 Å². The van der Waals surface area contributed by atoms with E-state index in [-0.39, 0.29) is 11.6 Å². The van der Waals surface area contributed by atoms with Gasteiger partial charge in [0, 0.05) is 18.4 Å². The lowest BCUT2D eigenvalue weighted by molar-refractivity contribution is -0.140. The van der Waals surface area contributed by atoms with Crippen LogP contribution in [0.4, 0.5) is 0 Å². The predicted molar refractivity (Wildman–Crippen MR) is 65.0 cm³/mol. The molecule has 0 amide bonds. The average Bonchev–Trinajstić information content (AvgIpc) is 2.95. The second-order valence-electron chi connectivity index (χ2n) is 4.40. The maximum absolute atomic E-state index is 11.0. The van der Waals surface area contributed by atoms with Crippen LogP contribution in [0.2, 0.25) is 0 Å². The number of hydrogen-bond acceptors (Lipinski definition) is 5. The lowest BCUT2D eigenvalue weighted by atomic mass is 10.0. The summed E-state index contributed by atoms with van der Waals surface area (Å²) >= 11 is 1.62. The number of rotatable bonds is 4. The molecule has 1 atom stereocenters. The summed E-state index contributed by atoms with van der Waals surface area (Å²) in [6, 6.07) is 0. The molecular weight excluding hydrogens is 238 g/mol. The first-order chi connectivity index (χ1) is 8.14. The van der Waals surface area contributed by atoms with Crippen LogP contribution in [0.3, 0.4) is 0 Å². The monoisotopic (exact) mass is 255 g/mol. The van der Waals surface area contributed by atoms with Crippen LogP contribution in [0.5, 0.6) is 0 Å². The maximum Gasteiger partial charge on any atom is 0.305 e. The molecule has 0 N–H and O–H groups in total. The van der Waals surface area contributed by atoms with E-state index in [1.807, 2.05) is 5.38 Å². The first kappa shape index (κ1) is 12.5. The molecule has 1 aromatic rings. The Morgan fingerprint density at radius 1 is 1.71 bits per heavy atom. The predicted octanol–water partition coefficient (Wildman–Crippen LogP) is 2.27. The second-order valence-corrected chi connectivity index (χ2v) is 5.26. The highest BCUT2D eigenvalue weighted by Crippen LogP contribution is 2.37. The third-order valence-electron chi connectivity index (χ3n) is 3.04. The van der Waals surface area contributed by atoms with E-state index < -0.39 is 0 Å². The highest BCUT2D eigenvalue weighted by atomic mass is 32.1. The van der Waals surface area contributed by atoms with Gasteiger partial charge in [-0.1, -0.05) is 0 Å². The van der Waals surface area contributed by atoms with Gasteiger partial charge in [-0.2, -0.15) is 0 Å². The fourth-order valence-corrected chi connectivity index (χ4v) is 2.94. The lowest BCUT2D eigenvalue weighted by Crippen LogP contribution is -2.19. The van der Waals surface area contributed by atoms with Gasteiger partial charge < -0.3 is 9.47 Å². The fraction of sp³-hybridized carbons (Fsp3) is 0.667. The molecule has 1 aromatic heterocycles. The molecule has 5 heteroatoms. The zero-order valence-electron chi connectivity index (χ0n) is 10.2. The quantitative estimate of drug-likeness (QED) is 0.774. The normalized spacial score (nSPS) is 23.9. The van der Waals surface area contributed by atoms with Gasteiger partial charge in [0.15, 0.2) is 0 Å². The highest BCUT2D eigenvalue weighted by Gasteiger charge is 2.34. The number of carbonyl (C=O) groups is 1. The van der Waals surface area contributed by atoms with Crippen LogP contribution in [-0.2, 0) is 26.3 Å². The van der Waals surface area contributed by atoms with Crippen molar-refractivity contribution in [3.8, 4) is 0 Å². The van der Waals surface area contributed by atoms with Crippen molar-refractivity contribution in [1.29, 1.82) is 0 Å². The average molecular weight is 255 g/mol. The lowest BCUT2D eigenvalue weighted by Gasteiger charge is -2.19. The minimum absolute atomic E-state index is 0.192. The molecule has 0 bridgehead atoms.